The lowest BCUT2D eigenvalue weighted by Crippen LogP contribution is -2.50. The second kappa shape index (κ2) is 10.7. The smallest absolute Gasteiger partial charge is 0.329 e. The Kier molecular flexibility index (Phi) is 7.83. The molecule has 1 aromatic heterocycles. The molecule has 2 aliphatic heterocycles. The van der Waals surface area contributed by atoms with Crippen molar-refractivity contribution in [3.8, 4) is 17.0 Å². The van der Waals surface area contributed by atoms with Gasteiger partial charge in [0.25, 0.3) is 5.91 Å². The van der Waals surface area contributed by atoms with Gasteiger partial charge in [0.1, 0.15) is 22.8 Å². The van der Waals surface area contributed by atoms with E-state index < -0.39 is 28.9 Å². The van der Waals surface area contributed by atoms with Crippen LogP contribution in [0.15, 0.2) is 36.5 Å². The van der Waals surface area contributed by atoms with E-state index >= 15 is 0 Å². The van der Waals surface area contributed by atoms with Crippen LogP contribution in [0.25, 0.3) is 11.3 Å². The summed E-state index contributed by atoms with van der Waals surface area (Å²) in [5, 5.41) is 9.56. The Morgan fingerprint density at radius 2 is 1.92 bits per heavy atom. The second-order valence-corrected chi connectivity index (χ2v) is 11.0. The summed E-state index contributed by atoms with van der Waals surface area (Å²) in [6, 6.07) is 7.76. The number of likely N-dealkylation sites (tertiary alicyclic amines) is 2. The maximum Gasteiger partial charge on any atom is 0.329 e. The molecule has 1 aromatic carbocycles. The van der Waals surface area contributed by atoms with Crippen LogP contribution in [0.3, 0.4) is 0 Å². The van der Waals surface area contributed by atoms with E-state index in [-0.39, 0.29) is 12.1 Å². The Morgan fingerprint density at radius 1 is 1.19 bits per heavy atom. The summed E-state index contributed by atoms with van der Waals surface area (Å²) < 4.78 is 34.7. The van der Waals surface area contributed by atoms with Gasteiger partial charge in [-0.25, -0.2) is 13.6 Å². The molecule has 2 aromatic rings. The molecule has 1 amide bonds. The Balaban J connectivity index is 1.34. The molecule has 200 valence electrons. The number of nitrogens with zero attached hydrogens (tertiary/aromatic N) is 3. The Morgan fingerprint density at radius 3 is 2.51 bits per heavy atom. The third-order valence-electron chi connectivity index (χ3n) is 7.37. The molecular weight excluding hydrogens is 480 g/mol. The van der Waals surface area contributed by atoms with Crippen molar-refractivity contribution >= 4 is 11.9 Å². The van der Waals surface area contributed by atoms with Gasteiger partial charge in [0, 0.05) is 18.7 Å². The predicted octanol–water partition coefficient (Wildman–Crippen LogP) is 4.81. The minimum absolute atomic E-state index is 0.154. The minimum atomic E-state index is -1.33. The highest BCUT2D eigenvalue weighted by atomic mass is 19.1. The Bertz CT molecular complexity index is 1130. The topological polar surface area (TPSA) is 83.0 Å². The highest BCUT2D eigenvalue weighted by Gasteiger charge is 2.46. The van der Waals surface area contributed by atoms with Crippen LogP contribution in [0.1, 0.15) is 56.8 Å². The lowest BCUT2D eigenvalue weighted by atomic mass is 9.97. The number of hydrogen-bond acceptors (Lipinski definition) is 5. The van der Waals surface area contributed by atoms with Gasteiger partial charge in [-0.05, 0) is 89.7 Å². The van der Waals surface area contributed by atoms with Crippen LogP contribution >= 0.6 is 0 Å². The van der Waals surface area contributed by atoms with Crippen LogP contribution in [0.2, 0.25) is 0 Å². The number of piperidine rings is 1. The van der Waals surface area contributed by atoms with Crippen LogP contribution in [-0.2, 0) is 4.79 Å². The number of ether oxygens (including phenoxy) is 1. The van der Waals surface area contributed by atoms with Crippen molar-refractivity contribution in [1.29, 1.82) is 0 Å². The SMILES string of the molecule is CC(C)(F)CN1CCC(COc2ccc(-c3ccc(C(=O)N4CCCC4(C)C(=O)O)c(F)c3)nc2)CC1. The van der Waals surface area contributed by atoms with Crippen LogP contribution < -0.4 is 4.74 Å². The number of carboxylic acids is 1. The molecule has 0 spiro atoms. The van der Waals surface area contributed by atoms with Gasteiger partial charge < -0.3 is 19.6 Å². The zero-order chi connectivity index (χ0) is 26.8. The van der Waals surface area contributed by atoms with E-state index in [4.69, 9.17) is 4.74 Å². The first kappa shape index (κ1) is 27.0. The van der Waals surface area contributed by atoms with Crippen molar-refractivity contribution < 1.29 is 28.2 Å². The lowest BCUT2D eigenvalue weighted by Gasteiger charge is -2.34. The number of pyridine rings is 1. The number of amides is 1. The second-order valence-electron chi connectivity index (χ2n) is 11.0. The maximum atomic E-state index is 14.9. The van der Waals surface area contributed by atoms with E-state index in [1.165, 1.54) is 24.0 Å². The molecule has 2 fully saturated rings. The van der Waals surface area contributed by atoms with Crippen LogP contribution in [0.5, 0.6) is 5.75 Å². The van der Waals surface area contributed by atoms with Crippen LogP contribution in [0.4, 0.5) is 8.78 Å². The first-order valence-corrected chi connectivity index (χ1v) is 12.8. The normalized spacial score (nSPS) is 21.3. The van der Waals surface area contributed by atoms with Gasteiger partial charge in [-0.2, -0.15) is 0 Å². The molecule has 1 N–H and O–H groups in total. The Hall–Kier alpha value is -3.07. The van der Waals surface area contributed by atoms with Crippen molar-refractivity contribution in [3.63, 3.8) is 0 Å². The number of aliphatic carboxylic acids is 1. The van der Waals surface area contributed by atoms with E-state index in [1.54, 1.807) is 38.2 Å². The molecule has 9 heteroatoms. The highest BCUT2D eigenvalue weighted by Crippen LogP contribution is 2.32. The molecule has 1 unspecified atom stereocenters. The zero-order valence-corrected chi connectivity index (χ0v) is 21.7. The number of aromatic nitrogens is 1. The Labute approximate surface area is 216 Å². The summed E-state index contributed by atoms with van der Waals surface area (Å²) in [4.78, 5) is 32.4. The van der Waals surface area contributed by atoms with Gasteiger partial charge in [-0.1, -0.05) is 6.07 Å². The molecule has 0 aliphatic carbocycles. The summed E-state index contributed by atoms with van der Waals surface area (Å²) in [6.45, 7) is 7.70. The van der Waals surface area contributed by atoms with Gasteiger partial charge in [0.05, 0.1) is 24.1 Å². The van der Waals surface area contributed by atoms with E-state index in [2.05, 4.69) is 9.88 Å². The fraction of sp³-hybridized carbons (Fsp3) is 0.536. The number of carbonyl (C=O) groups is 2. The summed E-state index contributed by atoms with van der Waals surface area (Å²) in [5.41, 5.74) is -1.64. The largest absolute Gasteiger partial charge is 0.492 e. The number of hydrogen-bond donors (Lipinski definition) is 1. The van der Waals surface area contributed by atoms with Crippen molar-refractivity contribution in [2.24, 2.45) is 5.92 Å². The van der Waals surface area contributed by atoms with E-state index in [1.807, 2.05) is 0 Å². The predicted molar refractivity (Wildman–Crippen MR) is 136 cm³/mol. The third kappa shape index (κ3) is 6.26. The lowest BCUT2D eigenvalue weighted by molar-refractivity contribution is -0.147. The number of carbonyl (C=O) groups excluding carboxylic acids is 1. The van der Waals surface area contributed by atoms with E-state index in [0.717, 1.165) is 25.9 Å². The summed E-state index contributed by atoms with van der Waals surface area (Å²) in [7, 11) is 0. The fourth-order valence-electron chi connectivity index (χ4n) is 5.20. The summed E-state index contributed by atoms with van der Waals surface area (Å²) >= 11 is 0. The molecule has 0 radical (unpaired) electrons. The van der Waals surface area contributed by atoms with Crippen molar-refractivity contribution in [3.05, 3.63) is 47.9 Å². The fourth-order valence-corrected chi connectivity index (χ4v) is 5.20. The molecule has 2 aliphatic rings. The standard InChI is InChI=1S/C28H35F2N3O4/c1-27(2,30)18-32-13-9-19(10-14-32)17-37-21-6-8-24(31-16-21)20-5-7-22(23(29)15-20)25(34)33-12-4-11-28(33,3)26(35)36/h5-8,15-16,19H,4,9-14,17-18H2,1-3H3,(H,35,36). The molecule has 3 heterocycles. The minimum Gasteiger partial charge on any atom is -0.492 e. The van der Waals surface area contributed by atoms with Crippen LogP contribution in [0, 0.1) is 11.7 Å². The average Bonchev–Trinajstić information content (AvgIpc) is 3.25. The zero-order valence-electron chi connectivity index (χ0n) is 21.7. The molecule has 2 saturated heterocycles. The quantitative estimate of drug-likeness (QED) is 0.544. The summed E-state index contributed by atoms with van der Waals surface area (Å²) in [6.07, 6.45) is 4.39. The highest BCUT2D eigenvalue weighted by molar-refractivity contribution is 5.98. The first-order valence-electron chi connectivity index (χ1n) is 12.8. The van der Waals surface area contributed by atoms with Crippen molar-refractivity contribution in [2.45, 2.75) is 57.7 Å². The molecule has 37 heavy (non-hydrogen) atoms. The number of carboxylic acid groups (broad SMARTS) is 1. The number of benzene rings is 1. The molecular formula is C28H35F2N3O4. The van der Waals surface area contributed by atoms with Gasteiger partial charge in [-0.3, -0.25) is 9.78 Å². The monoisotopic (exact) mass is 515 g/mol. The molecule has 0 bridgehead atoms. The average molecular weight is 516 g/mol. The summed E-state index contributed by atoms with van der Waals surface area (Å²) in [5.74, 6) is -1.41. The van der Waals surface area contributed by atoms with Gasteiger partial charge in [0.2, 0.25) is 0 Å². The van der Waals surface area contributed by atoms with Crippen molar-refractivity contribution in [2.75, 3.05) is 32.8 Å². The van der Waals surface area contributed by atoms with Gasteiger partial charge in [0.15, 0.2) is 0 Å². The molecule has 0 saturated carbocycles. The first-order chi connectivity index (χ1) is 17.5. The molecule has 7 nitrogen and oxygen atoms in total. The number of rotatable bonds is 8. The third-order valence-corrected chi connectivity index (χ3v) is 7.37. The van der Waals surface area contributed by atoms with Gasteiger partial charge >= 0.3 is 5.97 Å². The molecule has 1 atom stereocenters. The van der Waals surface area contributed by atoms with E-state index in [0.29, 0.717) is 48.9 Å². The van der Waals surface area contributed by atoms with E-state index in [9.17, 15) is 23.5 Å². The van der Waals surface area contributed by atoms with Crippen LogP contribution in [-0.4, -0.2) is 75.8 Å². The van der Waals surface area contributed by atoms with Gasteiger partial charge in [-0.15, -0.1) is 0 Å². The van der Waals surface area contributed by atoms with Crippen molar-refractivity contribution in [1.82, 2.24) is 14.8 Å². The number of halogens is 2. The maximum absolute atomic E-state index is 14.9. The molecule has 4 rings (SSSR count). The number of alkyl halides is 1.